The van der Waals surface area contributed by atoms with Crippen LogP contribution in [0.4, 0.5) is 11.4 Å². The fraction of sp³-hybridized carbons (Fsp3) is 0.767. The maximum Gasteiger partial charge on any atom is 0.343 e. The minimum absolute atomic E-state index is 0.189. The molecule has 8 nitrogen and oxygen atoms in total. The summed E-state index contributed by atoms with van der Waals surface area (Å²) in [6.45, 7) is 5.71. The van der Waals surface area contributed by atoms with Crippen LogP contribution in [0.2, 0.25) is 5.02 Å². The van der Waals surface area contributed by atoms with Crippen molar-refractivity contribution in [1.82, 2.24) is 9.80 Å². The molecule has 2 heterocycles. The van der Waals surface area contributed by atoms with Gasteiger partial charge in [0.15, 0.2) is 0 Å². The van der Waals surface area contributed by atoms with Crippen molar-refractivity contribution in [3.05, 3.63) is 34.1 Å². The molecule has 1 unspecified atom stereocenters. The van der Waals surface area contributed by atoms with E-state index in [0.29, 0.717) is 22.7 Å². The van der Waals surface area contributed by atoms with Crippen LogP contribution in [0.15, 0.2) is 23.5 Å². The van der Waals surface area contributed by atoms with Gasteiger partial charge in [-0.3, -0.25) is 4.79 Å². The second kappa shape index (κ2) is 24.8. The lowest BCUT2D eigenvalue weighted by molar-refractivity contribution is -0.152. The van der Waals surface area contributed by atoms with Gasteiger partial charge in [0.2, 0.25) is 6.79 Å². The number of benzene rings is 1. The number of anilines is 2. The number of fused-ring (bicyclic) bond motifs is 2. The normalized spacial score (nSPS) is 17.5. The molecule has 1 aromatic rings. The van der Waals surface area contributed by atoms with Crippen LogP contribution in [0, 0.1) is 0 Å². The summed E-state index contributed by atoms with van der Waals surface area (Å²) in [5.74, 6) is 0.208. The molecule has 3 aliphatic rings. The summed E-state index contributed by atoms with van der Waals surface area (Å²) in [5, 5.41) is 7.79. The van der Waals surface area contributed by atoms with Gasteiger partial charge in [-0.1, -0.05) is 147 Å². The van der Waals surface area contributed by atoms with Crippen molar-refractivity contribution in [1.29, 1.82) is 0 Å². The van der Waals surface area contributed by atoms with Crippen LogP contribution in [0.25, 0.3) is 0 Å². The van der Waals surface area contributed by atoms with Crippen molar-refractivity contribution >= 4 is 34.9 Å². The van der Waals surface area contributed by atoms with Gasteiger partial charge in [0, 0.05) is 37.6 Å². The van der Waals surface area contributed by atoms with Crippen molar-refractivity contribution < 1.29 is 19.1 Å². The lowest BCUT2D eigenvalue weighted by Crippen LogP contribution is -2.46. The highest BCUT2D eigenvalue weighted by Crippen LogP contribution is 2.40. The van der Waals surface area contributed by atoms with Gasteiger partial charge in [-0.05, 0) is 50.4 Å². The Morgan fingerprint density at radius 1 is 0.750 bits per heavy atom. The van der Waals surface area contributed by atoms with Crippen LogP contribution in [0.1, 0.15) is 178 Å². The zero-order valence-electron chi connectivity index (χ0n) is 32.9. The number of nitrogens with one attached hydrogen (secondary N) is 2. The third kappa shape index (κ3) is 15.1. The number of nitrogens with zero attached hydrogens (tertiary/aromatic N) is 2. The molecular weight excluding hydrogens is 672 g/mol. The van der Waals surface area contributed by atoms with Crippen molar-refractivity contribution in [3.63, 3.8) is 0 Å². The zero-order chi connectivity index (χ0) is 36.8. The van der Waals surface area contributed by atoms with Gasteiger partial charge in [-0.15, -0.1) is 0 Å². The topological polar surface area (TPSA) is 83.1 Å². The Kier molecular flexibility index (Phi) is 20.2. The van der Waals surface area contributed by atoms with Gasteiger partial charge in [0.1, 0.15) is 5.82 Å². The van der Waals surface area contributed by atoms with E-state index in [1.165, 1.54) is 115 Å². The summed E-state index contributed by atoms with van der Waals surface area (Å²) < 4.78 is 10.8. The van der Waals surface area contributed by atoms with E-state index in [4.69, 9.17) is 21.1 Å². The van der Waals surface area contributed by atoms with Crippen LogP contribution in [0.3, 0.4) is 0 Å². The Hall–Kier alpha value is -2.45. The molecule has 0 bridgehead atoms. The smallest absolute Gasteiger partial charge is 0.343 e. The van der Waals surface area contributed by atoms with Crippen LogP contribution in [-0.4, -0.2) is 67.8 Å². The molecule has 2 fully saturated rings. The van der Waals surface area contributed by atoms with E-state index in [0.717, 1.165) is 82.6 Å². The number of piperazine rings is 1. The first kappa shape index (κ1) is 42.3. The third-order valence-corrected chi connectivity index (χ3v) is 11.5. The molecule has 1 aliphatic carbocycles. The number of unbranched alkanes of at least 4 members (excludes halogenated alkanes) is 19. The summed E-state index contributed by atoms with van der Waals surface area (Å²) in [6.07, 6.45) is 31.2. The van der Waals surface area contributed by atoms with Crippen molar-refractivity contribution in [3.8, 4) is 0 Å². The number of halogens is 1. The number of hydrogen-bond acceptors (Lipinski definition) is 8. The molecule has 4 rings (SSSR count). The molecule has 1 atom stereocenters. The summed E-state index contributed by atoms with van der Waals surface area (Å²) in [6, 6.07) is 3.70. The number of carbonyl (C=O) groups is 2. The Bertz CT molecular complexity index is 1230. The molecule has 0 amide bonds. The first-order valence-electron chi connectivity index (χ1n) is 21.3. The lowest BCUT2D eigenvalue weighted by atomic mass is 9.89. The molecule has 52 heavy (non-hydrogen) atoms. The van der Waals surface area contributed by atoms with Crippen molar-refractivity contribution in [2.45, 2.75) is 173 Å². The number of rotatable bonds is 25. The van der Waals surface area contributed by atoms with E-state index < -0.39 is 12.8 Å². The van der Waals surface area contributed by atoms with E-state index in [2.05, 4.69) is 34.4 Å². The summed E-state index contributed by atoms with van der Waals surface area (Å²) >= 11 is 6.52. The maximum atomic E-state index is 13.4. The quantitative estimate of drug-likeness (QED) is 0.0582. The van der Waals surface area contributed by atoms with Gasteiger partial charge in [-0.25, -0.2) is 4.79 Å². The van der Waals surface area contributed by atoms with E-state index in [1.807, 2.05) is 6.07 Å². The van der Waals surface area contributed by atoms with Gasteiger partial charge in [-0.2, -0.15) is 0 Å². The highest BCUT2D eigenvalue weighted by Gasteiger charge is 2.32. The summed E-state index contributed by atoms with van der Waals surface area (Å²) in [7, 11) is 2.15. The van der Waals surface area contributed by atoms with Crippen LogP contribution < -0.4 is 10.6 Å². The number of ether oxygens (including phenoxy) is 2. The summed E-state index contributed by atoms with van der Waals surface area (Å²) in [4.78, 5) is 30.5. The fourth-order valence-corrected chi connectivity index (χ4v) is 8.21. The number of likely N-dealkylation sites (N-methyl/N-ethyl adjacent to an activating group) is 1. The van der Waals surface area contributed by atoms with Gasteiger partial charge in [0.05, 0.1) is 23.0 Å². The molecule has 2 aliphatic heterocycles. The number of hydrogen-bond donors (Lipinski definition) is 2. The van der Waals surface area contributed by atoms with E-state index in [1.54, 1.807) is 6.07 Å². The third-order valence-electron chi connectivity index (χ3n) is 11.3. The predicted molar refractivity (Wildman–Crippen MR) is 216 cm³/mol. The molecular formula is C43H71ClN4O4. The minimum atomic E-state index is -0.563. The molecule has 9 heteroatoms. The molecule has 0 aromatic heterocycles. The Morgan fingerprint density at radius 2 is 1.31 bits per heavy atom. The first-order chi connectivity index (χ1) is 25.5. The highest BCUT2D eigenvalue weighted by molar-refractivity contribution is 6.31. The Morgan fingerprint density at radius 3 is 1.88 bits per heavy atom. The highest BCUT2D eigenvalue weighted by atomic mass is 35.5. The molecule has 1 saturated heterocycles. The largest absolute Gasteiger partial charge is 0.428 e. The molecule has 0 radical (unpaired) electrons. The monoisotopic (exact) mass is 743 g/mol. The standard InChI is InChI=1S/C43H71ClN4O4/c1-3-4-5-6-7-8-9-10-11-12-13-14-15-16-17-18-19-20-21-22-27-40(49)51-34-52-43(50)37-32-35(44)33-39-41(37)46-42(48-30-28-47(2)29-31-48)36-25-23-24-26-38(36)45-39/h32-33,38,45-46H,3-31,34H2,1-2H3. The van der Waals surface area contributed by atoms with E-state index in [9.17, 15) is 9.59 Å². The SMILES string of the molecule is CCCCCCCCCCCCCCCCCCCCCCC(=O)OCOC(=O)c1cc(Cl)cc2c1NC(N1CCN(C)CC1)=C1CCCCC1N2. The second-order valence-electron chi connectivity index (χ2n) is 15.6. The molecule has 2 N–H and O–H groups in total. The summed E-state index contributed by atoms with van der Waals surface area (Å²) in [5.41, 5.74) is 3.16. The van der Waals surface area contributed by atoms with Crippen LogP contribution in [-0.2, 0) is 14.3 Å². The maximum absolute atomic E-state index is 13.4. The van der Waals surface area contributed by atoms with Crippen molar-refractivity contribution in [2.24, 2.45) is 0 Å². The van der Waals surface area contributed by atoms with E-state index >= 15 is 0 Å². The molecule has 1 aromatic carbocycles. The second-order valence-corrected chi connectivity index (χ2v) is 16.1. The number of carbonyl (C=O) groups excluding carboxylic acids is 2. The first-order valence-corrected chi connectivity index (χ1v) is 21.7. The van der Waals surface area contributed by atoms with Gasteiger partial charge < -0.3 is 29.9 Å². The van der Waals surface area contributed by atoms with Gasteiger partial charge >= 0.3 is 11.9 Å². The minimum Gasteiger partial charge on any atom is -0.428 e. The van der Waals surface area contributed by atoms with Gasteiger partial charge in [0.25, 0.3) is 0 Å². The van der Waals surface area contributed by atoms with Crippen LogP contribution >= 0.6 is 11.6 Å². The Labute approximate surface area is 321 Å². The Balaban J connectivity index is 1.05. The average Bonchev–Trinajstić information content (AvgIpc) is 3.30. The van der Waals surface area contributed by atoms with Crippen molar-refractivity contribution in [2.75, 3.05) is 50.7 Å². The molecule has 1 saturated carbocycles. The molecule has 294 valence electrons. The fourth-order valence-electron chi connectivity index (χ4n) is 7.99. The zero-order valence-corrected chi connectivity index (χ0v) is 33.6. The van der Waals surface area contributed by atoms with Crippen LogP contribution in [0.5, 0.6) is 0 Å². The average molecular weight is 744 g/mol. The predicted octanol–water partition coefficient (Wildman–Crippen LogP) is 11.4. The lowest BCUT2D eigenvalue weighted by Gasteiger charge is -2.38. The molecule has 0 spiro atoms. The number of esters is 2. The van der Waals surface area contributed by atoms with E-state index in [-0.39, 0.29) is 12.0 Å².